The lowest BCUT2D eigenvalue weighted by atomic mass is 10.1. The second-order valence-electron chi connectivity index (χ2n) is 5.16. The highest BCUT2D eigenvalue weighted by molar-refractivity contribution is 8.27. The topological polar surface area (TPSA) is 77.8 Å². The Morgan fingerprint density at radius 1 is 1.19 bits per heavy atom. The molecule has 9 heteroatoms. The van der Waals surface area contributed by atoms with E-state index in [0.717, 1.165) is 11.8 Å². The number of nitrogens with zero attached hydrogens (tertiary/aromatic N) is 1. The van der Waals surface area contributed by atoms with Gasteiger partial charge in [0.1, 0.15) is 11.3 Å². The summed E-state index contributed by atoms with van der Waals surface area (Å²) in [5.41, 5.74) is 0.416. The second-order valence-corrected chi connectivity index (χ2v) is 7.65. The molecule has 0 bridgehead atoms. The van der Waals surface area contributed by atoms with Gasteiger partial charge in [0.25, 0.3) is 5.91 Å². The van der Waals surface area contributed by atoms with Crippen LogP contribution in [0.5, 0.6) is 5.75 Å². The molecule has 0 spiro atoms. The Bertz CT molecular complexity index is 970. The van der Waals surface area contributed by atoms with Crippen molar-refractivity contribution in [3.05, 3.63) is 62.5 Å². The maximum Gasteiger partial charge on any atom is 0.339 e. The highest BCUT2D eigenvalue weighted by Crippen LogP contribution is 2.39. The number of carboxylic acids is 1. The van der Waals surface area contributed by atoms with Gasteiger partial charge in [0, 0.05) is 15.6 Å². The van der Waals surface area contributed by atoms with Crippen LogP contribution in [0.4, 0.5) is 5.69 Å². The molecule has 0 radical (unpaired) electrons. The van der Waals surface area contributed by atoms with Gasteiger partial charge in [-0.25, -0.2) is 4.79 Å². The first kappa shape index (κ1) is 18.7. The maximum atomic E-state index is 12.8. The lowest BCUT2D eigenvalue weighted by Crippen LogP contribution is -2.27. The van der Waals surface area contributed by atoms with E-state index in [2.05, 4.69) is 0 Å². The van der Waals surface area contributed by atoms with Crippen molar-refractivity contribution in [1.29, 1.82) is 0 Å². The zero-order chi connectivity index (χ0) is 19.0. The molecule has 1 fully saturated rings. The van der Waals surface area contributed by atoms with Crippen molar-refractivity contribution in [2.45, 2.75) is 0 Å². The van der Waals surface area contributed by atoms with Crippen LogP contribution in [0, 0.1) is 0 Å². The molecule has 2 aromatic carbocycles. The average Bonchev–Trinajstić information content (AvgIpc) is 2.85. The number of aromatic carboxylic acids is 1. The molecule has 26 heavy (non-hydrogen) atoms. The Morgan fingerprint density at radius 2 is 1.85 bits per heavy atom. The maximum absolute atomic E-state index is 12.8. The number of aromatic hydroxyl groups is 1. The number of carbonyl (C=O) groups is 2. The molecule has 0 aliphatic carbocycles. The number of thiocarbonyl (C=S) groups is 1. The van der Waals surface area contributed by atoms with E-state index in [0.29, 0.717) is 20.5 Å². The van der Waals surface area contributed by atoms with Crippen molar-refractivity contribution in [2.75, 3.05) is 4.90 Å². The van der Waals surface area contributed by atoms with Gasteiger partial charge in [-0.15, -0.1) is 0 Å². The van der Waals surface area contributed by atoms with Crippen LogP contribution < -0.4 is 4.90 Å². The number of rotatable bonds is 3. The Hall–Kier alpha value is -2.06. The van der Waals surface area contributed by atoms with Crippen molar-refractivity contribution in [3.8, 4) is 5.75 Å². The number of hydrogen-bond donors (Lipinski definition) is 2. The zero-order valence-electron chi connectivity index (χ0n) is 12.8. The summed E-state index contributed by atoms with van der Waals surface area (Å²) in [4.78, 5) is 25.5. The summed E-state index contributed by atoms with van der Waals surface area (Å²) in [5.74, 6) is -2.14. The minimum absolute atomic E-state index is 0.228. The fourth-order valence-electron chi connectivity index (χ4n) is 2.30. The first-order valence-electron chi connectivity index (χ1n) is 7.08. The predicted octanol–water partition coefficient (Wildman–Crippen LogP) is 4.80. The standard InChI is InChI=1S/C17H9Cl2NO4S2/c18-11-2-1-3-12(19)9(11)7-14-15(22)20(17(25)26-14)8-4-5-13(21)10(6-8)16(23)24/h1-7,21H,(H,23,24). The Labute approximate surface area is 167 Å². The number of amides is 1. The van der Waals surface area contributed by atoms with E-state index >= 15 is 0 Å². The molecule has 2 aromatic rings. The first-order valence-corrected chi connectivity index (χ1v) is 9.06. The van der Waals surface area contributed by atoms with Crippen LogP contribution in [0.3, 0.4) is 0 Å². The molecule has 0 aromatic heterocycles. The fraction of sp³-hybridized carbons (Fsp3) is 0. The molecule has 2 N–H and O–H groups in total. The quantitative estimate of drug-likeness (QED) is 0.542. The van der Waals surface area contributed by atoms with Crippen LogP contribution in [0.15, 0.2) is 41.3 Å². The Balaban J connectivity index is 2.02. The number of hydrogen-bond acceptors (Lipinski definition) is 5. The second kappa shape index (κ2) is 7.28. The van der Waals surface area contributed by atoms with E-state index in [-0.39, 0.29) is 15.6 Å². The summed E-state index contributed by atoms with van der Waals surface area (Å²) < 4.78 is 0.228. The number of anilines is 1. The van der Waals surface area contributed by atoms with Crippen LogP contribution in [-0.2, 0) is 4.79 Å². The van der Waals surface area contributed by atoms with Gasteiger partial charge >= 0.3 is 5.97 Å². The highest BCUT2D eigenvalue weighted by atomic mass is 35.5. The van der Waals surface area contributed by atoms with Crippen LogP contribution in [0.1, 0.15) is 15.9 Å². The number of carboxylic acid groups (broad SMARTS) is 1. The first-order chi connectivity index (χ1) is 12.3. The van der Waals surface area contributed by atoms with Gasteiger partial charge in [-0.3, -0.25) is 9.69 Å². The van der Waals surface area contributed by atoms with Crippen LogP contribution in [0.25, 0.3) is 6.08 Å². The van der Waals surface area contributed by atoms with Gasteiger partial charge in [-0.1, -0.05) is 53.2 Å². The molecule has 0 saturated carbocycles. The molecule has 1 aliphatic rings. The molecule has 1 heterocycles. The SMILES string of the molecule is O=C(O)c1cc(N2C(=O)C(=Cc3c(Cl)cccc3Cl)SC2=S)ccc1O. The third-order valence-corrected chi connectivity index (χ3v) is 5.50. The van der Waals surface area contributed by atoms with E-state index < -0.39 is 17.6 Å². The highest BCUT2D eigenvalue weighted by Gasteiger charge is 2.34. The lowest BCUT2D eigenvalue weighted by molar-refractivity contribution is -0.113. The molecule has 132 valence electrons. The zero-order valence-corrected chi connectivity index (χ0v) is 15.9. The molecule has 0 atom stereocenters. The van der Waals surface area contributed by atoms with Crippen molar-refractivity contribution in [1.82, 2.24) is 0 Å². The summed E-state index contributed by atoms with van der Waals surface area (Å²) in [6.07, 6.45) is 1.54. The molecular formula is C17H9Cl2NO4S2. The molecule has 5 nitrogen and oxygen atoms in total. The minimum atomic E-state index is -1.31. The summed E-state index contributed by atoms with van der Waals surface area (Å²) in [6.45, 7) is 0. The number of benzene rings is 2. The van der Waals surface area contributed by atoms with Gasteiger partial charge in [-0.05, 0) is 36.4 Å². The summed E-state index contributed by atoms with van der Waals surface area (Å²) in [7, 11) is 0. The number of carbonyl (C=O) groups excluding carboxylic acids is 1. The predicted molar refractivity (Wildman–Crippen MR) is 107 cm³/mol. The van der Waals surface area contributed by atoms with Gasteiger partial charge < -0.3 is 10.2 Å². The molecule has 0 unspecified atom stereocenters. The molecule has 3 rings (SSSR count). The fourth-order valence-corrected chi connectivity index (χ4v) is 4.09. The summed E-state index contributed by atoms with van der Waals surface area (Å²) in [5, 5.41) is 19.5. The van der Waals surface area contributed by atoms with E-state index in [9.17, 15) is 14.7 Å². The smallest absolute Gasteiger partial charge is 0.339 e. The lowest BCUT2D eigenvalue weighted by Gasteiger charge is -2.15. The van der Waals surface area contributed by atoms with Crippen LogP contribution in [0.2, 0.25) is 10.0 Å². The average molecular weight is 426 g/mol. The molecule has 1 saturated heterocycles. The van der Waals surface area contributed by atoms with Gasteiger partial charge in [0.15, 0.2) is 4.32 Å². The monoisotopic (exact) mass is 425 g/mol. The third-order valence-electron chi connectivity index (χ3n) is 3.54. The van der Waals surface area contributed by atoms with Crippen LogP contribution in [-0.4, -0.2) is 26.4 Å². The van der Waals surface area contributed by atoms with Crippen LogP contribution >= 0.6 is 47.2 Å². The number of phenols is 1. The third kappa shape index (κ3) is 3.43. The Kier molecular flexibility index (Phi) is 5.24. The summed E-state index contributed by atoms with van der Waals surface area (Å²) >= 11 is 18.6. The van der Waals surface area contributed by atoms with Crippen molar-refractivity contribution in [2.24, 2.45) is 0 Å². The Morgan fingerprint density at radius 3 is 2.46 bits per heavy atom. The number of thioether (sulfide) groups is 1. The van der Waals surface area contributed by atoms with E-state index in [1.165, 1.54) is 23.1 Å². The summed E-state index contributed by atoms with van der Waals surface area (Å²) in [6, 6.07) is 8.80. The minimum Gasteiger partial charge on any atom is -0.507 e. The van der Waals surface area contributed by atoms with Gasteiger partial charge in [0.05, 0.1) is 10.6 Å². The van der Waals surface area contributed by atoms with Crippen molar-refractivity contribution < 1.29 is 19.8 Å². The largest absolute Gasteiger partial charge is 0.507 e. The van der Waals surface area contributed by atoms with Gasteiger partial charge in [0.2, 0.25) is 0 Å². The molecular weight excluding hydrogens is 417 g/mol. The van der Waals surface area contributed by atoms with Crippen molar-refractivity contribution >= 4 is 75.1 Å². The van der Waals surface area contributed by atoms with E-state index in [1.54, 1.807) is 24.3 Å². The van der Waals surface area contributed by atoms with E-state index in [4.69, 9.17) is 40.5 Å². The van der Waals surface area contributed by atoms with Gasteiger partial charge in [-0.2, -0.15) is 0 Å². The van der Waals surface area contributed by atoms with E-state index in [1.807, 2.05) is 0 Å². The normalized spacial score (nSPS) is 15.8. The number of halogens is 2. The van der Waals surface area contributed by atoms with Crippen molar-refractivity contribution in [3.63, 3.8) is 0 Å². The molecule has 1 aliphatic heterocycles. The molecule has 1 amide bonds.